The molecule has 150 valence electrons. The molecule has 1 aliphatic heterocycles. The van der Waals surface area contributed by atoms with Crippen LogP contribution in [0.4, 0.5) is 5.95 Å². The third-order valence-corrected chi connectivity index (χ3v) is 6.38. The lowest BCUT2D eigenvalue weighted by Gasteiger charge is -2.18. The van der Waals surface area contributed by atoms with Crippen molar-refractivity contribution in [1.29, 1.82) is 0 Å². The highest BCUT2D eigenvalue weighted by Crippen LogP contribution is 2.41. The second kappa shape index (κ2) is 7.95. The Morgan fingerprint density at radius 3 is 2.85 bits per heavy atom. The zero-order valence-electron chi connectivity index (χ0n) is 15.9. The number of fused-ring (bicyclic) bond motifs is 1. The Bertz CT molecular complexity index is 854. The highest BCUT2D eigenvalue weighted by atomic mass is 35.5. The van der Waals surface area contributed by atoms with Crippen molar-refractivity contribution in [3.8, 4) is 5.88 Å². The number of anilines is 1. The predicted molar refractivity (Wildman–Crippen MR) is 110 cm³/mol. The summed E-state index contributed by atoms with van der Waals surface area (Å²) in [7, 11) is 0. The number of ether oxygens (including phenoxy) is 2. The highest BCUT2D eigenvalue weighted by molar-refractivity contribution is 7.72. The van der Waals surface area contributed by atoms with E-state index in [1.807, 2.05) is 6.92 Å². The Balaban J connectivity index is 1.88. The molecular weight excluding hydrogens is 389 g/mol. The molecule has 1 aliphatic rings. The molecule has 0 unspecified atom stereocenters. The first-order valence-electron chi connectivity index (χ1n) is 8.99. The number of alkyl halides is 1. The van der Waals surface area contributed by atoms with Gasteiger partial charge in [-0.25, -0.2) is 4.98 Å². The molecule has 0 spiro atoms. The summed E-state index contributed by atoms with van der Waals surface area (Å²) < 4.78 is 13.4. The van der Waals surface area contributed by atoms with Gasteiger partial charge >= 0.3 is 0 Å². The normalized spacial score (nSPS) is 26.0. The fourth-order valence-corrected chi connectivity index (χ4v) is 4.33. The number of aromatic nitrogens is 4. The molecule has 10 heteroatoms. The number of nitrogen functional groups attached to an aromatic ring is 1. The summed E-state index contributed by atoms with van der Waals surface area (Å²) in [6, 6.07) is 0. The van der Waals surface area contributed by atoms with Crippen molar-refractivity contribution in [2.24, 2.45) is 0 Å². The Kier molecular flexibility index (Phi) is 6.01. The SMILES string of the molecule is C=P(C)(C)CC[C@H]1O[C@@H](n2cnc3c(OCCC)nc(N)nc32)[C@H](Cl)[C@@H]1O. The lowest BCUT2D eigenvalue weighted by atomic mass is 10.1. The third-order valence-electron chi connectivity index (χ3n) is 4.44. The first-order chi connectivity index (χ1) is 12.7. The van der Waals surface area contributed by atoms with Gasteiger partial charge in [-0.1, -0.05) is 6.92 Å². The molecule has 3 heterocycles. The zero-order valence-corrected chi connectivity index (χ0v) is 17.5. The van der Waals surface area contributed by atoms with Gasteiger partial charge < -0.3 is 20.3 Å². The van der Waals surface area contributed by atoms with E-state index in [0.29, 0.717) is 30.1 Å². The van der Waals surface area contributed by atoms with Crippen LogP contribution in [-0.4, -0.2) is 74.6 Å². The van der Waals surface area contributed by atoms with Gasteiger partial charge in [0.1, 0.15) is 11.5 Å². The molecule has 4 atom stereocenters. The molecule has 0 aromatic carbocycles. The average molecular weight is 416 g/mol. The summed E-state index contributed by atoms with van der Waals surface area (Å²) in [5.41, 5.74) is 6.81. The second-order valence-electron chi connectivity index (χ2n) is 7.51. The molecule has 3 N–H and O–H groups in total. The number of nitrogens with two attached hydrogens (primary N) is 1. The predicted octanol–water partition coefficient (Wildman–Crippen LogP) is 2.16. The van der Waals surface area contributed by atoms with Gasteiger partial charge in [-0.15, -0.1) is 24.8 Å². The third kappa shape index (κ3) is 4.40. The number of hydrogen-bond donors (Lipinski definition) is 2. The quantitative estimate of drug-likeness (QED) is 0.527. The number of aliphatic hydroxyl groups excluding tert-OH is 1. The maximum absolute atomic E-state index is 10.5. The lowest BCUT2D eigenvalue weighted by molar-refractivity contribution is -0.0176. The summed E-state index contributed by atoms with van der Waals surface area (Å²) >= 11 is 6.49. The van der Waals surface area contributed by atoms with Gasteiger partial charge in [-0.2, -0.15) is 9.97 Å². The maximum atomic E-state index is 10.5. The summed E-state index contributed by atoms with van der Waals surface area (Å²) in [6.07, 6.45) is 6.51. The topological polar surface area (TPSA) is 108 Å². The van der Waals surface area contributed by atoms with E-state index in [4.69, 9.17) is 26.8 Å². The molecular formula is C17H27ClN5O3P. The number of rotatable bonds is 7. The van der Waals surface area contributed by atoms with E-state index in [1.54, 1.807) is 10.9 Å². The van der Waals surface area contributed by atoms with Gasteiger partial charge in [-0.05, 0) is 32.3 Å². The summed E-state index contributed by atoms with van der Waals surface area (Å²) in [5, 5.41) is 9.91. The van der Waals surface area contributed by atoms with E-state index in [9.17, 15) is 5.11 Å². The molecule has 0 bridgehead atoms. The molecule has 2 aromatic heterocycles. The van der Waals surface area contributed by atoms with E-state index in [0.717, 1.165) is 12.6 Å². The van der Waals surface area contributed by atoms with Crippen LogP contribution >= 0.6 is 18.5 Å². The molecule has 3 rings (SSSR count). The molecule has 8 nitrogen and oxygen atoms in total. The molecule has 1 fully saturated rings. The van der Waals surface area contributed by atoms with Gasteiger partial charge in [-0.3, -0.25) is 4.57 Å². The number of hydrogen-bond acceptors (Lipinski definition) is 7. The van der Waals surface area contributed by atoms with Crippen molar-refractivity contribution in [3.63, 3.8) is 0 Å². The minimum atomic E-state index is -1.21. The zero-order chi connectivity index (χ0) is 19.8. The lowest BCUT2D eigenvalue weighted by Crippen LogP contribution is -2.28. The van der Waals surface area contributed by atoms with Gasteiger partial charge in [0.15, 0.2) is 17.4 Å². The van der Waals surface area contributed by atoms with Crippen LogP contribution in [0, 0.1) is 0 Å². The van der Waals surface area contributed by atoms with Crippen LogP contribution in [0.2, 0.25) is 0 Å². The minimum Gasteiger partial charge on any atom is -0.476 e. The summed E-state index contributed by atoms with van der Waals surface area (Å²) in [6.45, 7) is 5.60. The van der Waals surface area contributed by atoms with Crippen molar-refractivity contribution in [1.82, 2.24) is 19.5 Å². The van der Waals surface area contributed by atoms with Crippen molar-refractivity contribution in [2.45, 2.75) is 43.6 Å². The fraction of sp³-hybridized carbons (Fsp3) is 0.647. The number of imidazole rings is 1. The van der Waals surface area contributed by atoms with E-state index in [2.05, 4.69) is 34.6 Å². The highest BCUT2D eigenvalue weighted by Gasteiger charge is 2.44. The maximum Gasteiger partial charge on any atom is 0.247 e. The van der Waals surface area contributed by atoms with Crippen LogP contribution < -0.4 is 10.5 Å². The Hall–Kier alpha value is -1.34. The minimum absolute atomic E-state index is 0.0835. The van der Waals surface area contributed by atoms with Gasteiger partial charge in [0.2, 0.25) is 11.8 Å². The smallest absolute Gasteiger partial charge is 0.247 e. The Morgan fingerprint density at radius 1 is 1.44 bits per heavy atom. The molecule has 2 aromatic rings. The van der Waals surface area contributed by atoms with E-state index in [1.165, 1.54) is 0 Å². The van der Waals surface area contributed by atoms with E-state index >= 15 is 0 Å². The molecule has 0 radical (unpaired) electrons. The van der Waals surface area contributed by atoms with Crippen molar-refractivity contribution >= 4 is 41.9 Å². The molecule has 0 saturated carbocycles. The first-order valence-corrected chi connectivity index (χ1v) is 12.5. The Morgan fingerprint density at radius 2 is 2.19 bits per heavy atom. The van der Waals surface area contributed by atoms with Crippen molar-refractivity contribution in [3.05, 3.63) is 6.33 Å². The fourth-order valence-electron chi connectivity index (χ4n) is 3.04. The molecule has 27 heavy (non-hydrogen) atoms. The van der Waals surface area contributed by atoms with E-state index < -0.39 is 24.6 Å². The first kappa shape index (κ1) is 20.4. The van der Waals surface area contributed by atoms with Gasteiger partial charge in [0, 0.05) is 0 Å². The number of nitrogens with zero attached hydrogens (tertiary/aromatic N) is 4. The van der Waals surface area contributed by atoms with Crippen LogP contribution in [0.25, 0.3) is 11.2 Å². The van der Waals surface area contributed by atoms with Crippen LogP contribution in [0.5, 0.6) is 5.88 Å². The standard InChI is InChI=1S/C17H27ClN5O3P/c1-5-7-25-15-12-14(21-17(19)22-15)23(9-20-12)16-11(18)13(24)10(26-16)6-8-27(2,3)4/h9-11,13,16,24H,2,5-8H2,1,3-4H3,(H2,19,21,22)/t10-,11-,13-,16-/m1/s1. The van der Waals surface area contributed by atoms with Crippen molar-refractivity contribution in [2.75, 3.05) is 31.8 Å². The van der Waals surface area contributed by atoms with E-state index in [-0.39, 0.29) is 12.1 Å². The monoisotopic (exact) mass is 415 g/mol. The molecule has 1 saturated heterocycles. The van der Waals surface area contributed by atoms with Crippen LogP contribution in [0.3, 0.4) is 0 Å². The number of halogens is 1. The average Bonchev–Trinajstić information content (AvgIpc) is 3.12. The van der Waals surface area contributed by atoms with Crippen molar-refractivity contribution < 1.29 is 14.6 Å². The largest absolute Gasteiger partial charge is 0.476 e. The van der Waals surface area contributed by atoms with Gasteiger partial charge in [0.25, 0.3) is 0 Å². The second-order valence-corrected chi connectivity index (χ2v) is 12.3. The van der Waals surface area contributed by atoms with Gasteiger partial charge in [0.05, 0.1) is 19.0 Å². The molecule has 0 aliphatic carbocycles. The Labute approximate surface area is 164 Å². The van der Waals surface area contributed by atoms with Crippen LogP contribution in [0.1, 0.15) is 26.0 Å². The van der Waals surface area contributed by atoms with Crippen LogP contribution in [0.15, 0.2) is 6.33 Å². The number of aliphatic hydroxyl groups is 1. The summed E-state index contributed by atoms with van der Waals surface area (Å²) in [4.78, 5) is 12.8. The summed E-state index contributed by atoms with van der Waals surface area (Å²) in [5.74, 6) is 0.420. The molecule has 0 amide bonds. The van der Waals surface area contributed by atoms with Crippen LogP contribution in [-0.2, 0) is 4.74 Å².